The van der Waals surface area contributed by atoms with Gasteiger partial charge in [0, 0.05) is 12.1 Å². The summed E-state index contributed by atoms with van der Waals surface area (Å²) in [5.41, 5.74) is 1.32. The lowest BCUT2D eigenvalue weighted by Crippen LogP contribution is -2.35. The summed E-state index contributed by atoms with van der Waals surface area (Å²) in [5.74, 6) is 2.77. The fourth-order valence-electron chi connectivity index (χ4n) is 1.79. The third-order valence-corrected chi connectivity index (χ3v) is 3.15. The summed E-state index contributed by atoms with van der Waals surface area (Å²) in [6.45, 7) is 10.8. The Morgan fingerprint density at radius 1 is 1.39 bits per heavy atom. The summed E-state index contributed by atoms with van der Waals surface area (Å²) in [6.07, 6.45) is 2.66. The number of furan rings is 1. The van der Waals surface area contributed by atoms with E-state index in [1.165, 1.54) is 18.4 Å². The molecule has 0 bridgehead atoms. The zero-order valence-electron chi connectivity index (χ0n) is 12.0. The molecular formula is C15H25NO2. The van der Waals surface area contributed by atoms with E-state index >= 15 is 0 Å². The van der Waals surface area contributed by atoms with E-state index in [1.54, 1.807) is 0 Å². The molecule has 1 aromatic rings. The molecule has 18 heavy (non-hydrogen) atoms. The minimum atomic E-state index is 0.113. The van der Waals surface area contributed by atoms with E-state index in [2.05, 4.69) is 39.1 Å². The van der Waals surface area contributed by atoms with Crippen LogP contribution in [0.5, 0.6) is 0 Å². The maximum absolute atomic E-state index is 5.82. The van der Waals surface area contributed by atoms with Crippen molar-refractivity contribution in [3.05, 3.63) is 23.2 Å². The lowest BCUT2D eigenvalue weighted by Gasteiger charge is -2.19. The van der Waals surface area contributed by atoms with Gasteiger partial charge in [0.15, 0.2) is 0 Å². The molecule has 0 spiro atoms. The van der Waals surface area contributed by atoms with Crippen molar-refractivity contribution < 1.29 is 9.15 Å². The SMILES string of the molecule is Cc1cc(COCC2CC2)oc1CNC(C)(C)C. The van der Waals surface area contributed by atoms with Gasteiger partial charge in [-0.3, -0.25) is 0 Å². The number of hydrogen-bond donors (Lipinski definition) is 1. The van der Waals surface area contributed by atoms with Crippen LogP contribution in [0.15, 0.2) is 10.5 Å². The second-order valence-corrected chi connectivity index (χ2v) is 6.38. The topological polar surface area (TPSA) is 34.4 Å². The largest absolute Gasteiger partial charge is 0.462 e. The minimum Gasteiger partial charge on any atom is -0.462 e. The van der Waals surface area contributed by atoms with Gasteiger partial charge in [-0.2, -0.15) is 0 Å². The van der Waals surface area contributed by atoms with Crippen LogP contribution >= 0.6 is 0 Å². The highest BCUT2D eigenvalue weighted by Crippen LogP contribution is 2.29. The molecule has 102 valence electrons. The number of ether oxygens (including phenoxy) is 1. The Morgan fingerprint density at radius 3 is 2.72 bits per heavy atom. The summed E-state index contributed by atoms with van der Waals surface area (Å²) in [7, 11) is 0. The minimum absolute atomic E-state index is 0.113. The predicted molar refractivity (Wildman–Crippen MR) is 72.4 cm³/mol. The molecule has 1 aliphatic carbocycles. The highest BCUT2D eigenvalue weighted by molar-refractivity contribution is 5.19. The second kappa shape index (κ2) is 5.45. The smallest absolute Gasteiger partial charge is 0.130 e. The van der Waals surface area contributed by atoms with Crippen LogP contribution in [-0.4, -0.2) is 12.1 Å². The third-order valence-electron chi connectivity index (χ3n) is 3.15. The van der Waals surface area contributed by atoms with Crippen LogP contribution in [0.25, 0.3) is 0 Å². The Hall–Kier alpha value is -0.800. The van der Waals surface area contributed by atoms with Gasteiger partial charge in [0.1, 0.15) is 18.1 Å². The van der Waals surface area contributed by atoms with Gasteiger partial charge < -0.3 is 14.5 Å². The molecule has 0 amide bonds. The van der Waals surface area contributed by atoms with Crippen molar-refractivity contribution >= 4 is 0 Å². The molecule has 0 unspecified atom stereocenters. The Bertz CT molecular complexity index is 386. The molecule has 0 radical (unpaired) electrons. The Morgan fingerprint density at radius 2 is 2.11 bits per heavy atom. The average Bonchev–Trinajstić information content (AvgIpc) is 2.99. The first-order valence-corrected chi connectivity index (χ1v) is 6.85. The molecule has 2 rings (SSSR count). The Labute approximate surface area is 110 Å². The van der Waals surface area contributed by atoms with E-state index in [0.29, 0.717) is 6.61 Å². The fraction of sp³-hybridized carbons (Fsp3) is 0.733. The van der Waals surface area contributed by atoms with Crippen LogP contribution in [0, 0.1) is 12.8 Å². The number of nitrogens with one attached hydrogen (secondary N) is 1. The summed E-state index contributed by atoms with van der Waals surface area (Å²) < 4.78 is 11.5. The third kappa shape index (κ3) is 4.46. The first kappa shape index (κ1) is 13.6. The highest BCUT2D eigenvalue weighted by atomic mass is 16.5. The van der Waals surface area contributed by atoms with Crippen LogP contribution in [0.1, 0.15) is 50.7 Å². The quantitative estimate of drug-likeness (QED) is 0.841. The first-order chi connectivity index (χ1) is 8.44. The van der Waals surface area contributed by atoms with Crippen molar-refractivity contribution in [1.29, 1.82) is 0 Å². The van der Waals surface area contributed by atoms with Gasteiger partial charge >= 0.3 is 0 Å². The Kier molecular flexibility index (Phi) is 4.13. The van der Waals surface area contributed by atoms with Gasteiger partial charge in [-0.05, 0) is 58.1 Å². The molecule has 0 saturated heterocycles. The van der Waals surface area contributed by atoms with Gasteiger partial charge in [-0.1, -0.05) is 0 Å². The van der Waals surface area contributed by atoms with E-state index in [4.69, 9.17) is 9.15 Å². The zero-order chi connectivity index (χ0) is 13.2. The summed E-state index contributed by atoms with van der Waals surface area (Å²) in [6, 6.07) is 2.09. The first-order valence-electron chi connectivity index (χ1n) is 6.85. The van der Waals surface area contributed by atoms with Gasteiger partial charge in [-0.25, -0.2) is 0 Å². The lowest BCUT2D eigenvalue weighted by molar-refractivity contribution is 0.0962. The Balaban J connectivity index is 1.81. The summed E-state index contributed by atoms with van der Waals surface area (Å²) in [4.78, 5) is 0. The monoisotopic (exact) mass is 251 g/mol. The van der Waals surface area contributed by atoms with Gasteiger partial charge in [0.05, 0.1) is 6.54 Å². The van der Waals surface area contributed by atoms with E-state index in [9.17, 15) is 0 Å². The molecule has 3 nitrogen and oxygen atoms in total. The molecule has 1 aliphatic rings. The maximum Gasteiger partial charge on any atom is 0.130 e. The molecule has 0 aliphatic heterocycles. The highest BCUT2D eigenvalue weighted by Gasteiger charge is 2.21. The van der Waals surface area contributed by atoms with Crippen LogP contribution in [0.2, 0.25) is 0 Å². The maximum atomic E-state index is 5.82. The van der Waals surface area contributed by atoms with E-state index in [1.807, 2.05) is 0 Å². The predicted octanol–water partition coefficient (Wildman–Crippen LogP) is 3.40. The standard InChI is InChI=1S/C15H25NO2/c1-11-7-13(10-17-9-12-5-6-12)18-14(11)8-16-15(2,3)4/h7,12,16H,5-6,8-10H2,1-4H3. The zero-order valence-corrected chi connectivity index (χ0v) is 12.0. The van der Waals surface area contributed by atoms with Crippen molar-refractivity contribution in [3.63, 3.8) is 0 Å². The molecule has 1 N–H and O–H groups in total. The molecule has 0 atom stereocenters. The van der Waals surface area contributed by atoms with Crippen molar-refractivity contribution in [2.75, 3.05) is 6.61 Å². The fourth-order valence-corrected chi connectivity index (χ4v) is 1.79. The number of aryl methyl sites for hydroxylation is 1. The van der Waals surface area contributed by atoms with E-state index in [0.717, 1.165) is 30.6 Å². The van der Waals surface area contributed by atoms with Gasteiger partial charge in [0.2, 0.25) is 0 Å². The number of rotatable bonds is 6. The van der Waals surface area contributed by atoms with Gasteiger partial charge in [0.25, 0.3) is 0 Å². The normalized spacial score (nSPS) is 16.2. The summed E-state index contributed by atoms with van der Waals surface area (Å²) in [5, 5.41) is 3.44. The van der Waals surface area contributed by atoms with Crippen molar-refractivity contribution in [3.8, 4) is 0 Å². The van der Waals surface area contributed by atoms with Crippen molar-refractivity contribution in [2.24, 2.45) is 5.92 Å². The van der Waals surface area contributed by atoms with E-state index in [-0.39, 0.29) is 5.54 Å². The molecule has 0 aromatic carbocycles. The van der Waals surface area contributed by atoms with Gasteiger partial charge in [-0.15, -0.1) is 0 Å². The molecular weight excluding hydrogens is 226 g/mol. The molecule has 1 heterocycles. The second-order valence-electron chi connectivity index (χ2n) is 6.38. The molecule has 3 heteroatoms. The van der Waals surface area contributed by atoms with Crippen LogP contribution in [0.4, 0.5) is 0 Å². The van der Waals surface area contributed by atoms with E-state index < -0.39 is 0 Å². The van der Waals surface area contributed by atoms with Crippen molar-refractivity contribution in [1.82, 2.24) is 5.32 Å². The summed E-state index contributed by atoms with van der Waals surface area (Å²) >= 11 is 0. The lowest BCUT2D eigenvalue weighted by atomic mass is 10.1. The number of hydrogen-bond acceptors (Lipinski definition) is 3. The van der Waals surface area contributed by atoms with Crippen LogP contribution < -0.4 is 5.32 Å². The van der Waals surface area contributed by atoms with Crippen LogP contribution in [0.3, 0.4) is 0 Å². The molecule has 1 saturated carbocycles. The van der Waals surface area contributed by atoms with Crippen molar-refractivity contribution in [2.45, 2.75) is 59.2 Å². The van der Waals surface area contributed by atoms with Crippen LogP contribution in [-0.2, 0) is 17.9 Å². The molecule has 1 fully saturated rings. The molecule has 1 aromatic heterocycles. The average molecular weight is 251 g/mol.